The van der Waals surface area contributed by atoms with Crippen molar-refractivity contribution in [2.45, 2.75) is 6.17 Å². The fourth-order valence-electron chi connectivity index (χ4n) is 2.29. The highest BCUT2D eigenvalue weighted by Gasteiger charge is 2.24. The lowest BCUT2D eigenvalue weighted by Crippen LogP contribution is -2.09. The van der Waals surface area contributed by atoms with Crippen LogP contribution in [-0.4, -0.2) is 15.7 Å². The van der Waals surface area contributed by atoms with Crippen LogP contribution in [0, 0.1) is 20.2 Å². The fourth-order valence-corrected chi connectivity index (χ4v) is 2.29. The van der Waals surface area contributed by atoms with Crippen LogP contribution in [-0.2, 0) is 0 Å². The molecule has 2 N–H and O–H groups in total. The van der Waals surface area contributed by atoms with Gasteiger partial charge in [-0.25, -0.2) is 4.99 Å². The third-order valence-corrected chi connectivity index (χ3v) is 3.42. The van der Waals surface area contributed by atoms with Crippen LogP contribution >= 0.6 is 0 Å². The van der Waals surface area contributed by atoms with Gasteiger partial charge in [0.1, 0.15) is 5.84 Å². The first-order chi connectivity index (χ1) is 11.5. The highest BCUT2D eigenvalue weighted by molar-refractivity contribution is 6.01. The largest absolute Gasteiger partial charge is 0.383 e. The molecule has 0 saturated carbocycles. The van der Waals surface area contributed by atoms with Gasteiger partial charge < -0.3 is 5.73 Å². The average molecular weight is 326 g/mol. The molecule has 24 heavy (non-hydrogen) atoms. The predicted molar refractivity (Wildman–Crippen MR) is 84.2 cm³/mol. The second kappa shape index (κ2) is 5.83. The summed E-state index contributed by atoms with van der Waals surface area (Å²) in [7, 11) is 0. The van der Waals surface area contributed by atoms with E-state index in [4.69, 9.17) is 5.73 Å². The SMILES string of the molecule is NC1=NC(N=Nc2ccc([N+](=O)[O-])cc2[N+](=O)[O-])c2ccccc21. The van der Waals surface area contributed by atoms with Crippen LogP contribution in [0.1, 0.15) is 17.3 Å². The van der Waals surface area contributed by atoms with Crippen LogP contribution in [0.15, 0.2) is 57.7 Å². The summed E-state index contributed by atoms with van der Waals surface area (Å²) in [6.45, 7) is 0. The minimum Gasteiger partial charge on any atom is -0.383 e. The molecule has 0 radical (unpaired) electrons. The maximum Gasteiger partial charge on any atom is 0.303 e. The quantitative estimate of drug-likeness (QED) is 0.520. The van der Waals surface area contributed by atoms with Crippen molar-refractivity contribution >= 4 is 22.9 Å². The molecule has 0 amide bonds. The van der Waals surface area contributed by atoms with Crippen LogP contribution in [0.25, 0.3) is 0 Å². The summed E-state index contributed by atoms with van der Waals surface area (Å²) >= 11 is 0. The zero-order chi connectivity index (χ0) is 17.3. The minimum atomic E-state index is -0.748. The Morgan fingerprint density at radius 1 is 1.08 bits per heavy atom. The van der Waals surface area contributed by atoms with Gasteiger partial charge >= 0.3 is 5.69 Å². The fraction of sp³-hybridized carbons (Fsp3) is 0.0714. The zero-order valence-electron chi connectivity index (χ0n) is 12.1. The second-order valence-corrected chi connectivity index (χ2v) is 4.88. The molecule has 1 heterocycles. The molecule has 10 nitrogen and oxygen atoms in total. The molecular weight excluding hydrogens is 316 g/mol. The van der Waals surface area contributed by atoms with Crippen LogP contribution in [0.4, 0.5) is 17.1 Å². The molecule has 1 aliphatic heterocycles. The molecule has 0 bridgehead atoms. The Balaban J connectivity index is 1.96. The van der Waals surface area contributed by atoms with Gasteiger partial charge in [-0.1, -0.05) is 24.3 Å². The summed E-state index contributed by atoms with van der Waals surface area (Å²) in [5, 5.41) is 29.6. The monoisotopic (exact) mass is 326 g/mol. The van der Waals surface area contributed by atoms with Gasteiger partial charge in [0.15, 0.2) is 11.9 Å². The topological polar surface area (TPSA) is 149 Å². The number of fused-ring (bicyclic) bond motifs is 1. The molecule has 2 aromatic carbocycles. The molecule has 1 aliphatic rings. The van der Waals surface area contributed by atoms with Gasteiger partial charge in [0.25, 0.3) is 5.69 Å². The highest BCUT2D eigenvalue weighted by Crippen LogP contribution is 2.34. The number of nitro benzene ring substituents is 2. The Labute approximate surface area is 134 Å². The molecule has 0 aliphatic carbocycles. The molecular formula is C14H10N6O4. The van der Waals surface area contributed by atoms with Crippen molar-refractivity contribution in [3.63, 3.8) is 0 Å². The van der Waals surface area contributed by atoms with Crippen molar-refractivity contribution in [1.82, 2.24) is 0 Å². The molecule has 0 spiro atoms. The summed E-state index contributed by atoms with van der Waals surface area (Å²) in [5.74, 6) is 0.313. The minimum absolute atomic E-state index is 0.0937. The normalized spacial score (nSPS) is 16.0. The standard InChI is InChI=1S/C14H10N6O4/c15-13-9-3-1-2-4-10(9)14(16-13)18-17-11-6-5-8(19(21)22)7-12(11)20(23)24/h1-7,14H,(H2,15,16). The maximum absolute atomic E-state index is 11.1. The van der Waals surface area contributed by atoms with Crippen molar-refractivity contribution in [2.24, 2.45) is 21.0 Å². The number of benzene rings is 2. The predicted octanol–water partition coefficient (Wildman–Crippen LogP) is 3.00. The average Bonchev–Trinajstić information content (AvgIpc) is 2.89. The summed E-state index contributed by atoms with van der Waals surface area (Å²) in [5.41, 5.74) is 6.29. The van der Waals surface area contributed by atoms with Crippen LogP contribution < -0.4 is 5.73 Å². The summed E-state index contributed by atoms with van der Waals surface area (Å²) < 4.78 is 0. The smallest absolute Gasteiger partial charge is 0.303 e. The van der Waals surface area contributed by atoms with E-state index in [1.54, 1.807) is 18.2 Å². The van der Waals surface area contributed by atoms with Crippen molar-refractivity contribution < 1.29 is 9.85 Å². The molecule has 1 atom stereocenters. The number of amidine groups is 1. The van der Waals surface area contributed by atoms with E-state index >= 15 is 0 Å². The van der Waals surface area contributed by atoms with Crippen LogP contribution in [0.2, 0.25) is 0 Å². The lowest BCUT2D eigenvalue weighted by Gasteiger charge is -2.02. The van der Waals surface area contributed by atoms with E-state index in [0.717, 1.165) is 23.3 Å². The van der Waals surface area contributed by atoms with Gasteiger partial charge in [0.05, 0.1) is 15.9 Å². The third kappa shape index (κ3) is 2.67. The van der Waals surface area contributed by atoms with E-state index < -0.39 is 27.4 Å². The number of aliphatic imine (C=N–C) groups is 1. The Morgan fingerprint density at radius 2 is 1.83 bits per heavy atom. The van der Waals surface area contributed by atoms with E-state index in [1.165, 1.54) is 6.07 Å². The van der Waals surface area contributed by atoms with E-state index in [9.17, 15) is 20.2 Å². The Hall–Kier alpha value is -3.69. The number of nitrogens with two attached hydrogens (primary N) is 1. The van der Waals surface area contributed by atoms with Crippen molar-refractivity contribution in [1.29, 1.82) is 0 Å². The first-order valence-electron chi connectivity index (χ1n) is 6.73. The lowest BCUT2D eigenvalue weighted by atomic mass is 10.1. The first-order valence-corrected chi connectivity index (χ1v) is 6.73. The van der Waals surface area contributed by atoms with Gasteiger partial charge in [0.2, 0.25) is 0 Å². The number of azo groups is 1. The van der Waals surface area contributed by atoms with E-state index in [1.807, 2.05) is 6.07 Å². The molecule has 0 aromatic heterocycles. The van der Waals surface area contributed by atoms with Crippen molar-refractivity contribution in [2.75, 3.05) is 0 Å². The number of nitro groups is 2. The van der Waals surface area contributed by atoms with Gasteiger partial charge in [-0.2, -0.15) is 5.11 Å². The van der Waals surface area contributed by atoms with Crippen molar-refractivity contribution in [3.8, 4) is 0 Å². The van der Waals surface area contributed by atoms with Crippen LogP contribution in [0.5, 0.6) is 0 Å². The molecule has 0 fully saturated rings. The molecule has 3 rings (SSSR count). The molecule has 2 aromatic rings. The van der Waals surface area contributed by atoms with Gasteiger partial charge in [0, 0.05) is 17.2 Å². The highest BCUT2D eigenvalue weighted by atomic mass is 16.6. The Kier molecular flexibility index (Phi) is 3.70. The summed E-state index contributed by atoms with van der Waals surface area (Å²) in [6.07, 6.45) is -0.698. The van der Waals surface area contributed by atoms with E-state index in [0.29, 0.717) is 5.84 Å². The van der Waals surface area contributed by atoms with Gasteiger partial charge in [-0.3, -0.25) is 20.2 Å². The van der Waals surface area contributed by atoms with Gasteiger partial charge in [-0.05, 0) is 6.07 Å². The van der Waals surface area contributed by atoms with Gasteiger partial charge in [-0.15, -0.1) is 5.11 Å². The lowest BCUT2D eigenvalue weighted by molar-refractivity contribution is -0.393. The summed E-state index contributed by atoms with van der Waals surface area (Å²) in [4.78, 5) is 24.5. The number of hydrogen-bond donors (Lipinski definition) is 1. The Bertz CT molecular complexity index is 908. The number of hydrogen-bond acceptors (Lipinski definition) is 8. The molecule has 120 valence electrons. The first kappa shape index (κ1) is 15.2. The van der Waals surface area contributed by atoms with E-state index in [-0.39, 0.29) is 5.69 Å². The molecule has 0 saturated heterocycles. The van der Waals surface area contributed by atoms with Crippen LogP contribution in [0.3, 0.4) is 0 Å². The van der Waals surface area contributed by atoms with Crippen molar-refractivity contribution in [3.05, 3.63) is 73.8 Å². The third-order valence-electron chi connectivity index (χ3n) is 3.42. The number of non-ortho nitro benzene ring substituents is 1. The zero-order valence-corrected chi connectivity index (χ0v) is 12.1. The molecule has 1 unspecified atom stereocenters. The summed E-state index contributed by atoms with van der Waals surface area (Å²) in [6, 6.07) is 10.3. The molecule has 10 heteroatoms. The maximum atomic E-state index is 11.1. The number of rotatable bonds is 4. The Morgan fingerprint density at radius 3 is 2.54 bits per heavy atom. The number of nitrogens with zero attached hydrogens (tertiary/aromatic N) is 5. The van der Waals surface area contributed by atoms with E-state index in [2.05, 4.69) is 15.2 Å². The second-order valence-electron chi connectivity index (χ2n) is 4.88.